The SMILES string of the molecule is O=S(=O)(O)c1cc(O)c2ccc(Nc3cc(F)nc(F)n3)cc2c1. The molecule has 0 unspecified atom stereocenters. The molecule has 3 rings (SSSR count). The molecule has 0 fully saturated rings. The molecule has 0 spiro atoms. The van der Waals surface area contributed by atoms with E-state index >= 15 is 0 Å². The van der Waals surface area contributed by atoms with Crippen molar-refractivity contribution in [1.82, 2.24) is 9.97 Å². The number of hydrogen-bond donors (Lipinski definition) is 3. The summed E-state index contributed by atoms with van der Waals surface area (Å²) in [5.74, 6) is -1.54. The second-order valence-corrected chi connectivity index (χ2v) is 6.24. The van der Waals surface area contributed by atoms with E-state index < -0.39 is 27.0 Å². The summed E-state index contributed by atoms with van der Waals surface area (Å²) in [7, 11) is -4.50. The quantitative estimate of drug-likeness (QED) is 0.377. The fraction of sp³-hybridized carbons (Fsp3) is 0. The molecule has 0 saturated heterocycles. The van der Waals surface area contributed by atoms with E-state index in [2.05, 4.69) is 15.3 Å². The molecule has 0 saturated carbocycles. The number of halogens is 2. The lowest BCUT2D eigenvalue weighted by Crippen LogP contribution is -2.00. The van der Waals surface area contributed by atoms with E-state index in [1.807, 2.05) is 0 Å². The van der Waals surface area contributed by atoms with Gasteiger partial charge < -0.3 is 10.4 Å². The van der Waals surface area contributed by atoms with Gasteiger partial charge in [-0.25, -0.2) is 0 Å². The largest absolute Gasteiger partial charge is 0.507 e. The predicted octanol–water partition coefficient (Wildman–Crippen LogP) is 2.60. The molecule has 24 heavy (non-hydrogen) atoms. The Hall–Kier alpha value is -2.85. The highest BCUT2D eigenvalue weighted by molar-refractivity contribution is 7.85. The van der Waals surface area contributed by atoms with Gasteiger partial charge in [-0.05, 0) is 29.7 Å². The van der Waals surface area contributed by atoms with Crippen LogP contribution in [0, 0.1) is 12.0 Å². The third-order valence-electron chi connectivity index (χ3n) is 3.14. The predicted molar refractivity (Wildman–Crippen MR) is 80.7 cm³/mol. The summed E-state index contributed by atoms with van der Waals surface area (Å²) >= 11 is 0. The van der Waals surface area contributed by atoms with E-state index in [1.54, 1.807) is 0 Å². The number of phenolic OH excluding ortho intramolecular Hbond substituents is 1. The summed E-state index contributed by atoms with van der Waals surface area (Å²) in [5, 5.41) is 13.1. The molecule has 0 aliphatic rings. The van der Waals surface area contributed by atoms with E-state index in [0.29, 0.717) is 11.1 Å². The lowest BCUT2D eigenvalue weighted by atomic mass is 10.1. The summed E-state index contributed by atoms with van der Waals surface area (Å²) < 4.78 is 57.6. The number of benzene rings is 2. The van der Waals surface area contributed by atoms with Crippen molar-refractivity contribution in [2.24, 2.45) is 0 Å². The van der Waals surface area contributed by atoms with Gasteiger partial charge in [-0.2, -0.15) is 27.2 Å². The Morgan fingerprint density at radius 3 is 2.46 bits per heavy atom. The van der Waals surface area contributed by atoms with Crippen molar-refractivity contribution in [3.63, 3.8) is 0 Å². The minimum atomic E-state index is -4.50. The molecule has 1 aromatic heterocycles. The number of rotatable bonds is 3. The molecule has 2 aromatic carbocycles. The average molecular weight is 353 g/mol. The first-order valence-corrected chi connectivity index (χ1v) is 7.88. The Labute approximate surface area is 134 Å². The zero-order chi connectivity index (χ0) is 17.5. The van der Waals surface area contributed by atoms with E-state index in [9.17, 15) is 22.3 Å². The highest BCUT2D eigenvalue weighted by Crippen LogP contribution is 2.31. The fourth-order valence-corrected chi connectivity index (χ4v) is 2.69. The summed E-state index contributed by atoms with van der Waals surface area (Å²) in [6, 6.07) is 7.32. The molecule has 0 radical (unpaired) electrons. The first kappa shape index (κ1) is 16.0. The van der Waals surface area contributed by atoms with Crippen molar-refractivity contribution < 1.29 is 26.9 Å². The van der Waals surface area contributed by atoms with Crippen LogP contribution in [-0.2, 0) is 10.1 Å². The lowest BCUT2D eigenvalue weighted by Gasteiger charge is -2.09. The topological polar surface area (TPSA) is 112 Å². The number of fused-ring (bicyclic) bond motifs is 1. The Morgan fingerprint density at radius 1 is 1.04 bits per heavy atom. The van der Waals surface area contributed by atoms with Crippen LogP contribution < -0.4 is 5.32 Å². The summed E-state index contributed by atoms with van der Waals surface area (Å²) in [6.45, 7) is 0. The van der Waals surface area contributed by atoms with Gasteiger partial charge in [0.2, 0.25) is 5.95 Å². The van der Waals surface area contributed by atoms with E-state index in [1.165, 1.54) is 18.2 Å². The zero-order valence-corrected chi connectivity index (χ0v) is 12.6. The van der Waals surface area contributed by atoms with Gasteiger partial charge in [0.05, 0.1) is 4.90 Å². The van der Waals surface area contributed by atoms with Crippen LogP contribution in [0.2, 0.25) is 0 Å². The van der Waals surface area contributed by atoms with Crippen LogP contribution >= 0.6 is 0 Å². The maximum atomic E-state index is 13.1. The molecule has 3 aromatic rings. The van der Waals surface area contributed by atoms with Gasteiger partial charge in [-0.1, -0.05) is 0 Å². The maximum absolute atomic E-state index is 13.1. The van der Waals surface area contributed by atoms with Crippen molar-refractivity contribution in [2.75, 3.05) is 5.32 Å². The smallest absolute Gasteiger partial charge is 0.313 e. The van der Waals surface area contributed by atoms with Crippen molar-refractivity contribution in [3.05, 3.63) is 48.4 Å². The van der Waals surface area contributed by atoms with Crippen molar-refractivity contribution in [2.45, 2.75) is 4.90 Å². The molecule has 0 bridgehead atoms. The number of aromatic hydroxyl groups is 1. The fourth-order valence-electron chi connectivity index (χ4n) is 2.15. The lowest BCUT2D eigenvalue weighted by molar-refractivity contribution is 0.471. The molecule has 1 heterocycles. The molecular formula is C14H9F2N3O4S. The number of hydrogen-bond acceptors (Lipinski definition) is 6. The molecule has 3 N–H and O–H groups in total. The van der Waals surface area contributed by atoms with Gasteiger partial charge in [0.15, 0.2) is 0 Å². The van der Waals surface area contributed by atoms with Gasteiger partial charge in [0.1, 0.15) is 11.6 Å². The van der Waals surface area contributed by atoms with E-state index in [-0.39, 0.29) is 17.0 Å². The monoisotopic (exact) mass is 353 g/mol. The molecule has 124 valence electrons. The number of anilines is 2. The van der Waals surface area contributed by atoms with Crippen LogP contribution in [0.25, 0.3) is 10.8 Å². The molecule has 0 amide bonds. The van der Waals surface area contributed by atoms with Crippen LogP contribution in [0.4, 0.5) is 20.3 Å². The molecular weight excluding hydrogens is 344 g/mol. The number of phenols is 1. The van der Waals surface area contributed by atoms with Gasteiger partial charge in [0, 0.05) is 23.2 Å². The summed E-state index contributed by atoms with van der Waals surface area (Å²) in [4.78, 5) is 5.75. The van der Waals surface area contributed by atoms with Crippen LogP contribution in [-0.4, -0.2) is 28.0 Å². The van der Waals surface area contributed by atoms with Gasteiger partial charge >= 0.3 is 6.08 Å². The van der Waals surface area contributed by atoms with Crippen LogP contribution in [0.1, 0.15) is 0 Å². The van der Waals surface area contributed by atoms with Crippen LogP contribution in [0.3, 0.4) is 0 Å². The minimum Gasteiger partial charge on any atom is -0.507 e. The Balaban J connectivity index is 2.07. The van der Waals surface area contributed by atoms with E-state index in [0.717, 1.165) is 18.2 Å². The standard InChI is InChI=1S/C14H9F2N3O4S/c15-12-6-13(19-14(16)18-12)17-8-1-2-10-7(3-8)4-9(5-11(10)20)24(21,22)23/h1-6,20H,(H,17,18,19)(H,21,22,23). The third-order valence-corrected chi connectivity index (χ3v) is 3.97. The molecule has 10 heteroatoms. The number of nitrogens with zero attached hydrogens (tertiary/aromatic N) is 2. The van der Waals surface area contributed by atoms with Gasteiger partial charge in [-0.3, -0.25) is 4.55 Å². The van der Waals surface area contributed by atoms with Gasteiger partial charge in [-0.15, -0.1) is 0 Å². The van der Waals surface area contributed by atoms with Crippen LogP contribution in [0.5, 0.6) is 5.75 Å². The van der Waals surface area contributed by atoms with Crippen molar-refractivity contribution in [3.8, 4) is 5.75 Å². The first-order valence-electron chi connectivity index (χ1n) is 6.44. The van der Waals surface area contributed by atoms with Crippen molar-refractivity contribution in [1.29, 1.82) is 0 Å². The maximum Gasteiger partial charge on any atom is 0.313 e. The third kappa shape index (κ3) is 3.24. The average Bonchev–Trinajstić information content (AvgIpc) is 2.44. The number of nitrogens with one attached hydrogen (secondary N) is 1. The highest BCUT2D eigenvalue weighted by Gasteiger charge is 2.14. The Morgan fingerprint density at radius 2 is 1.79 bits per heavy atom. The van der Waals surface area contributed by atoms with Crippen LogP contribution in [0.15, 0.2) is 41.3 Å². The van der Waals surface area contributed by atoms with Gasteiger partial charge in [0.25, 0.3) is 10.1 Å². The second kappa shape index (κ2) is 5.65. The summed E-state index contributed by atoms with van der Waals surface area (Å²) in [6.07, 6.45) is -1.25. The molecule has 0 aliphatic carbocycles. The normalized spacial score (nSPS) is 11.6. The Kier molecular flexibility index (Phi) is 3.78. The Bertz CT molecular complexity index is 1040. The van der Waals surface area contributed by atoms with E-state index in [4.69, 9.17) is 4.55 Å². The summed E-state index contributed by atoms with van der Waals surface area (Å²) in [5.41, 5.74) is 0.326. The molecule has 0 atom stereocenters. The van der Waals surface area contributed by atoms with Crippen molar-refractivity contribution >= 4 is 32.4 Å². The second-order valence-electron chi connectivity index (χ2n) is 4.82. The first-order chi connectivity index (χ1) is 11.2. The molecule has 0 aliphatic heterocycles. The molecule has 7 nitrogen and oxygen atoms in total. The number of aromatic nitrogens is 2. The highest BCUT2D eigenvalue weighted by atomic mass is 32.2. The minimum absolute atomic E-state index is 0.144. The zero-order valence-electron chi connectivity index (χ0n) is 11.7.